The number of nitrogens with two attached hydrogens (primary N) is 2. The van der Waals surface area contributed by atoms with Crippen molar-refractivity contribution in [1.29, 1.82) is 0 Å². The maximum absolute atomic E-state index is 8.90. The van der Waals surface area contributed by atoms with Crippen LogP contribution in [-0.4, -0.2) is 5.11 Å². The maximum Gasteiger partial charge on any atom is 0.0682 e. The predicted octanol–water partition coefficient (Wildman–Crippen LogP) is 0.0963. The summed E-state index contributed by atoms with van der Waals surface area (Å²) in [5.41, 5.74) is 13.9. The molecule has 3 nitrogen and oxygen atoms in total. The summed E-state index contributed by atoms with van der Waals surface area (Å²) >= 11 is 0. The van der Waals surface area contributed by atoms with E-state index in [1.54, 1.807) is 0 Å². The number of rotatable bonds is 3. The van der Waals surface area contributed by atoms with Crippen LogP contribution in [0.5, 0.6) is 0 Å². The number of hydrogen-bond donors (Lipinski definition) is 3. The summed E-state index contributed by atoms with van der Waals surface area (Å²) < 4.78 is 0. The van der Waals surface area contributed by atoms with Crippen molar-refractivity contribution < 1.29 is 5.11 Å². The topological polar surface area (TPSA) is 72.3 Å². The Balaban J connectivity index is 3.01. The van der Waals surface area contributed by atoms with Crippen LogP contribution in [-0.2, 0) is 19.7 Å². The minimum absolute atomic E-state index is 0.0425. The molecule has 0 aliphatic carbocycles. The van der Waals surface area contributed by atoms with E-state index >= 15 is 0 Å². The number of benzene rings is 1. The van der Waals surface area contributed by atoms with Crippen LogP contribution in [0.2, 0.25) is 0 Å². The number of aliphatic hydroxyl groups is 1. The smallest absolute Gasteiger partial charge is 0.0682 e. The molecular formula is C9H14N2O. The minimum Gasteiger partial charge on any atom is -0.392 e. The fourth-order valence-corrected chi connectivity index (χ4v) is 1.17. The first-order valence-electron chi connectivity index (χ1n) is 3.93. The van der Waals surface area contributed by atoms with Crippen molar-refractivity contribution in [2.24, 2.45) is 11.5 Å². The van der Waals surface area contributed by atoms with Crippen LogP contribution in [0.3, 0.4) is 0 Å². The lowest BCUT2D eigenvalue weighted by atomic mass is 10.1. The Morgan fingerprint density at radius 3 is 1.67 bits per heavy atom. The van der Waals surface area contributed by atoms with Gasteiger partial charge in [-0.1, -0.05) is 18.2 Å². The van der Waals surface area contributed by atoms with E-state index in [1.807, 2.05) is 18.2 Å². The van der Waals surface area contributed by atoms with E-state index in [0.717, 1.165) is 16.7 Å². The van der Waals surface area contributed by atoms with Gasteiger partial charge >= 0.3 is 0 Å². The van der Waals surface area contributed by atoms with E-state index in [0.29, 0.717) is 13.1 Å². The van der Waals surface area contributed by atoms with Crippen LogP contribution in [0.4, 0.5) is 0 Å². The highest BCUT2D eigenvalue weighted by molar-refractivity contribution is 5.29. The second-order valence-corrected chi connectivity index (χ2v) is 2.72. The van der Waals surface area contributed by atoms with Crippen molar-refractivity contribution in [2.75, 3.05) is 0 Å². The molecule has 0 aromatic heterocycles. The standard InChI is InChI=1S/C9H14N2O/c10-4-7-1-8(5-11)3-9(2-7)6-12/h1-3,12H,4-6,10-11H2. The SMILES string of the molecule is NCc1cc(CN)cc(CO)c1. The zero-order chi connectivity index (χ0) is 8.97. The van der Waals surface area contributed by atoms with Crippen molar-refractivity contribution in [3.05, 3.63) is 34.9 Å². The van der Waals surface area contributed by atoms with Gasteiger partial charge in [-0.2, -0.15) is 0 Å². The highest BCUT2D eigenvalue weighted by atomic mass is 16.3. The normalized spacial score (nSPS) is 10.2. The van der Waals surface area contributed by atoms with Gasteiger partial charge in [-0.25, -0.2) is 0 Å². The summed E-state index contributed by atoms with van der Waals surface area (Å²) in [7, 11) is 0. The van der Waals surface area contributed by atoms with Crippen molar-refractivity contribution in [3.63, 3.8) is 0 Å². The molecule has 0 amide bonds. The molecule has 12 heavy (non-hydrogen) atoms. The lowest BCUT2D eigenvalue weighted by Gasteiger charge is -2.04. The molecule has 5 N–H and O–H groups in total. The quantitative estimate of drug-likeness (QED) is 0.596. The van der Waals surface area contributed by atoms with Crippen molar-refractivity contribution in [1.82, 2.24) is 0 Å². The molecule has 0 saturated heterocycles. The van der Waals surface area contributed by atoms with E-state index in [1.165, 1.54) is 0 Å². The second-order valence-electron chi connectivity index (χ2n) is 2.72. The number of hydrogen-bond acceptors (Lipinski definition) is 3. The van der Waals surface area contributed by atoms with Gasteiger partial charge in [-0.15, -0.1) is 0 Å². The van der Waals surface area contributed by atoms with Crippen molar-refractivity contribution in [3.8, 4) is 0 Å². The molecule has 0 aliphatic heterocycles. The molecule has 0 heterocycles. The molecule has 0 atom stereocenters. The lowest BCUT2D eigenvalue weighted by molar-refractivity contribution is 0.281. The fourth-order valence-electron chi connectivity index (χ4n) is 1.17. The van der Waals surface area contributed by atoms with Crippen LogP contribution < -0.4 is 11.5 Å². The van der Waals surface area contributed by atoms with E-state index in [2.05, 4.69) is 0 Å². The molecule has 3 heteroatoms. The Bertz CT molecular complexity index is 205. The first-order valence-corrected chi connectivity index (χ1v) is 3.93. The van der Waals surface area contributed by atoms with Crippen LogP contribution >= 0.6 is 0 Å². The fraction of sp³-hybridized carbons (Fsp3) is 0.333. The molecule has 0 spiro atoms. The first-order chi connectivity index (χ1) is 5.80. The lowest BCUT2D eigenvalue weighted by Crippen LogP contribution is -2.02. The Labute approximate surface area is 72.0 Å². The van der Waals surface area contributed by atoms with Crippen LogP contribution in [0.15, 0.2) is 18.2 Å². The molecule has 0 saturated carbocycles. The van der Waals surface area contributed by atoms with E-state index in [4.69, 9.17) is 16.6 Å². The largest absolute Gasteiger partial charge is 0.392 e. The molecule has 0 aliphatic rings. The van der Waals surface area contributed by atoms with Crippen LogP contribution in [0.25, 0.3) is 0 Å². The van der Waals surface area contributed by atoms with E-state index in [9.17, 15) is 0 Å². The van der Waals surface area contributed by atoms with Gasteiger partial charge in [-0.3, -0.25) is 0 Å². The third-order valence-corrected chi connectivity index (χ3v) is 1.77. The molecule has 1 aromatic rings. The molecular weight excluding hydrogens is 152 g/mol. The van der Waals surface area contributed by atoms with Gasteiger partial charge in [0, 0.05) is 13.1 Å². The molecule has 0 radical (unpaired) electrons. The zero-order valence-corrected chi connectivity index (χ0v) is 6.96. The zero-order valence-electron chi connectivity index (χ0n) is 6.96. The third-order valence-electron chi connectivity index (χ3n) is 1.77. The van der Waals surface area contributed by atoms with Gasteiger partial charge in [0.05, 0.1) is 6.61 Å². The Morgan fingerprint density at radius 1 is 0.917 bits per heavy atom. The Morgan fingerprint density at radius 2 is 1.33 bits per heavy atom. The molecule has 66 valence electrons. The molecule has 1 aromatic carbocycles. The van der Waals surface area contributed by atoms with Gasteiger partial charge in [0.2, 0.25) is 0 Å². The van der Waals surface area contributed by atoms with Crippen LogP contribution in [0.1, 0.15) is 16.7 Å². The third kappa shape index (κ3) is 2.04. The monoisotopic (exact) mass is 166 g/mol. The van der Waals surface area contributed by atoms with Gasteiger partial charge in [0.15, 0.2) is 0 Å². The van der Waals surface area contributed by atoms with Gasteiger partial charge < -0.3 is 16.6 Å². The summed E-state index contributed by atoms with van der Waals surface area (Å²) in [4.78, 5) is 0. The molecule has 0 unspecified atom stereocenters. The summed E-state index contributed by atoms with van der Waals surface area (Å²) in [6.45, 7) is 1.02. The molecule has 0 fully saturated rings. The summed E-state index contributed by atoms with van der Waals surface area (Å²) in [6.07, 6.45) is 0. The first kappa shape index (κ1) is 9.19. The number of aliphatic hydroxyl groups excluding tert-OH is 1. The Hall–Kier alpha value is -0.900. The summed E-state index contributed by atoms with van der Waals surface area (Å²) in [5, 5.41) is 8.90. The predicted molar refractivity (Wildman–Crippen MR) is 48.1 cm³/mol. The highest BCUT2D eigenvalue weighted by Crippen LogP contribution is 2.09. The minimum atomic E-state index is 0.0425. The van der Waals surface area contributed by atoms with Gasteiger partial charge in [-0.05, 0) is 16.7 Å². The van der Waals surface area contributed by atoms with Gasteiger partial charge in [0.1, 0.15) is 0 Å². The van der Waals surface area contributed by atoms with Crippen molar-refractivity contribution >= 4 is 0 Å². The highest BCUT2D eigenvalue weighted by Gasteiger charge is 1.97. The van der Waals surface area contributed by atoms with Gasteiger partial charge in [0.25, 0.3) is 0 Å². The second kappa shape index (κ2) is 4.21. The van der Waals surface area contributed by atoms with E-state index < -0.39 is 0 Å². The average molecular weight is 166 g/mol. The maximum atomic E-state index is 8.90. The summed E-state index contributed by atoms with van der Waals surface area (Å²) in [6, 6.07) is 5.73. The Kier molecular flexibility index (Phi) is 3.22. The van der Waals surface area contributed by atoms with Crippen molar-refractivity contribution in [2.45, 2.75) is 19.7 Å². The van der Waals surface area contributed by atoms with Crippen LogP contribution in [0, 0.1) is 0 Å². The summed E-state index contributed by atoms with van der Waals surface area (Å²) in [5.74, 6) is 0. The van der Waals surface area contributed by atoms with E-state index in [-0.39, 0.29) is 6.61 Å². The molecule has 1 rings (SSSR count). The average Bonchev–Trinajstić information content (AvgIpc) is 2.16. The molecule has 0 bridgehead atoms.